The SMILES string of the molecule is COCCCN[C@@H](C)c1ccccc1Br. The Labute approximate surface area is 100 Å². The van der Waals surface area contributed by atoms with Crippen LogP contribution in [0.4, 0.5) is 0 Å². The van der Waals surface area contributed by atoms with Gasteiger partial charge in [0.1, 0.15) is 0 Å². The summed E-state index contributed by atoms with van der Waals surface area (Å²) in [4.78, 5) is 0. The maximum atomic E-state index is 5.00. The molecule has 0 bridgehead atoms. The Hall–Kier alpha value is -0.380. The molecule has 0 aliphatic rings. The molecule has 0 aliphatic carbocycles. The normalized spacial score (nSPS) is 12.7. The Balaban J connectivity index is 2.40. The Morgan fingerprint density at radius 3 is 2.80 bits per heavy atom. The summed E-state index contributed by atoms with van der Waals surface area (Å²) in [7, 11) is 1.73. The number of rotatable bonds is 6. The lowest BCUT2D eigenvalue weighted by atomic mass is 10.1. The minimum absolute atomic E-state index is 0.373. The third-order valence-electron chi connectivity index (χ3n) is 2.35. The maximum absolute atomic E-state index is 5.00. The first-order chi connectivity index (χ1) is 7.25. The third kappa shape index (κ3) is 4.33. The van der Waals surface area contributed by atoms with Gasteiger partial charge in [0.05, 0.1) is 0 Å². The minimum atomic E-state index is 0.373. The van der Waals surface area contributed by atoms with Crippen molar-refractivity contribution in [2.75, 3.05) is 20.3 Å². The van der Waals surface area contributed by atoms with Crippen LogP contribution in [0, 0.1) is 0 Å². The molecule has 1 aromatic carbocycles. The molecule has 0 spiro atoms. The van der Waals surface area contributed by atoms with Crippen molar-refractivity contribution in [1.82, 2.24) is 5.32 Å². The molecular formula is C12H18BrNO. The van der Waals surface area contributed by atoms with Crippen LogP contribution in [0.5, 0.6) is 0 Å². The summed E-state index contributed by atoms with van der Waals surface area (Å²) in [6, 6.07) is 8.68. The molecule has 1 N–H and O–H groups in total. The van der Waals surface area contributed by atoms with E-state index >= 15 is 0 Å². The monoisotopic (exact) mass is 271 g/mol. The highest BCUT2D eigenvalue weighted by atomic mass is 79.9. The van der Waals surface area contributed by atoms with Gasteiger partial charge in [-0.3, -0.25) is 0 Å². The van der Waals surface area contributed by atoms with Crippen LogP contribution in [0.1, 0.15) is 24.9 Å². The molecule has 1 rings (SSSR count). The Bertz CT molecular complexity index is 291. The third-order valence-corrected chi connectivity index (χ3v) is 3.07. The van der Waals surface area contributed by atoms with Crippen molar-refractivity contribution < 1.29 is 4.74 Å². The van der Waals surface area contributed by atoms with E-state index in [1.165, 1.54) is 5.56 Å². The van der Waals surface area contributed by atoms with Crippen LogP contribution >= 0.6 is 15.9 Å². The van der Waals surface area contributed by atoms with E-state index in [4.69, 9.17) is 4.74 Å². The molecule has 0 saturated carbocycles. The fourth-order valence-electron chi connectivity index (χ4n) is 1.47. The van der Waals surface area contributed by atoms with E-state index in [9.17, 15) is 0 Å². The molecule has 0 heterocycles. The second kappa shape index (κ2) is 6.99. The molecule has 84 valence electrons. The molecule has 0 aliphatic heterocycles. The number of ether oxygens (including phenoxy) is 1. The second-order valence-corrected chi connectivity index (χ2v) is 4.40. The summed E-state index contributed by atoms with van der Waals surface area (Å²) in [5.41, 5.74) is 1.30. The predicted molar refractivity (Wildman–Crippen MR) is 67.1 cm³/mol. The summed E-state index contributed by atoms with van der Waals surface area (Å²) < 4.78 is 6.17. The predicted octanol–water partition coefficient (Wildman–Crippen LogP) is 3.14. The first kappa shape index (κ1) is 12.7. The van der Waals surface area contributed by atoms with Gasteiger partial charge in [-0.1, -0.05) is 34.1 Å². The number of methoxy groups -OCH3 is 1. The van der Waals surface area contributed by atoms with Gasteiger partial charge < -0.3 is 10.1 Å². The van der Waals surface area contributed by atoms with Gasteiger partial charge in [0.25, 0.3) is 0 Å². The van der Waals surface area contributed by atoms with Gasteiger partial charge in [0, 0.05) is 24.2 Å². The van der Waals surface area contributed by atoms with Crippen LogP contribution in [0.25, 0.3) is 0 Å². The lowest BCUT2D eigenvalue weighted by Gasteiger charge is -2.15. The number of halogens is 1. The van der Waals surface area contributed by atoms with E-state index < -0.39 is 0 Å². The minimum Gasteiger partial charge on any atom is -0.385 e. The first-order valence-electron chi connectivity index (χ1n) is 5.22. The summed E-state index contributed by atoms with van der Waals surface area (Å²) in [6.07, 6.45) is 1.05. The van der Waals surface area contributed by atoms with E-state index in [1.54, 1.807) is 7.11 Å². The molecule has 0 aromatic heterocycles. The molecule has 1 atom stereocenters. The standard InChI is InChI=1S/C12H18BrNO/c1-10(14-8-5-9-15-2)11-6-3-4-7-12(11)13/h3-4,6-7,10,14H,5,8-9H2,1-2H3/t10-/m0/s1. The van der Waals surface area contributed by atoms with Gasteiger partial charge >= 0.3 is 0 Å². The van der Waals surface area contributed by atoms with Gasteiger partial charge in [0.15, 0.2) is 0 Å². The van der Waals surface area contributed by atoms with E-state index in [2.05, 4.69) is 46.4 Å². The molecule has 0 radical (unpaired) electrons. The van der Waals surface area contributed by atoms with Crippen LogP contribution in [0.15, 0.2) is 28.7 Å². The number of hydrogen-bond donors (Lipinski definition) is 1. The molecule has 0 unspecified atom stereocenters. The smallest absolute Gasteiger partial charge is 0.0474 e. The van der Waals surface area contributed by atoms with Gasteiger partial charge in [-0.25, -0.2) is 0 Å². The molecular weight excluding hydrogens is 254 g/mol. The lowest BCUT2D eigenvalue weighted by molar-refractivity contribution is 0.193. The van der Waals surface area contributed by atoms with Crippen LogP contribution in [0.2, 0.25) is 0 Å². The van der Waals surface area contributed by atoms with Crippen LogP contribution in [0.3, 0.4) is 0 Å². The Morgan fingerprint density at radius 1 is 1.40 bits per heavy atom. The molecule has 0 saturated heterocycles. The van der Waals surface area contributed by atoms with Crippen molar-refractivity contribution in [3.05, 3.63) is 34.3 Å². The molecule has 15 heavy (non-hydrogen) atoms. The quantitative estimate of drug-likeness (QED) is 0.803. The zero-order valence-corrected chi connectivity index (χ0v) is 10.9. The van der Waals surface area contributed by atoms with Gasteiger partial charge in [-0.2, -0.15) is 0 Å². The summed E-state index contributed by atoms with van der Waals surface area (Å²) in [6.45, 7) is 3.97. The van der Waals surface area contributed by atoms with Crippen LogP contribution < -0.4 is 5.32 Å². The molecule has 0 amide bonds. The average molecular weight is 272 g/mol. The van der Waals surface area contributed by atoms with Gasteiger partial charge in [0.2, 0.25) is 0 Å². The summed E-state index contributed by atoms with van der Waals surface area (Å²) in [5.74, 6) is 0. The highest BCUT2D eigenvalue weighted by Gasteiger charge is 2.06. The number of hydrogen-bond acceptors (Lipinski definition) is 2. The van der Waals surface area contributed by atoms with E-state index in [1.807, 2.05) is 6.07 Å². The largest absolute Gasteiger partial charge is 0.385 e. The first-order valence-corrected chi connectivity index (χ1v) is 6.01. The van der Waals surface area contributed by atoms with Gasteiger partial charge in [-0.15, -0.1) is 0 Å². The zero-order chi connectivity index (χ0) is 11.1. The molecule has 3 heteroatoms. The van der Waals surface area contributed by atoms with Gasteiger partial charge in [-0.05, 0) is 31.5 Å². The molecule has 1 aromatic rings. The summed E-state index contributed by atoms with van der Waals surface area (Å²) >= 11 is 3.55. The lowest BCUT2D eigenvalue weighted by Crippen LogP contribution is -2.21. The van der Waals surface area contributed by atoms with Crippen LogP contribution in [-0.4, -0.2) is 20.3 Å². The Morgan fingerprint density at radius 2 is 2.13 bits per heavy atom. The average Bonchev–Trinajstić information content (AvgIpc) is 2.25. The maximum Gasteiger partial charge on any atom is 0.0474 e. The zero-order valence-electron chi connectivity index (χ0n) is 9.29. The molecule has 0 fully saturated rings. The number of benzene rings is 1. The van der Waals surface area contributed by atoms with Crippen molar-refractivity contribution in [2.45, 2.75) is 19.4 Å². The van der Waals surface area contributed by atoms with Crippen molar-refractivity contribution in [2.24, 2.45) is 0 Å². The van der Waals surface area contributed by atoms with Crippen molar-refractivity contribution in [3.8, 4) is 0 Å². The second-order valence-electron chi connectivity index (χ2n) is 3.54. The highest BCUT2D eigenvalue weighted by molar-refractivity contribution is 9.10. The molecule has 2 nitrogen and oxygen atoms in total. The van der Waals surface area contributed by atoms with E-state index in [-0.39, 0.29) is 0 Å². The van der Waals surface area contributed by atoms with E-state index in [0.29, 0.717) is 6.04 Å². The Kier molecular flexibility index (Phi) is 5.91. The fraction of sp³-hybridized carbons (Fsp3) is 0.500. The fourth-order valence-corrected chi connectivity index (χ4v) is 2.10. The summed E-state index contributed by atoms with van der Waals surface area (Å²) in [5, 5.41) is 3.46. The number of nitrogens with one attached hydrogen (secondary N) is 1. The van der Waals surface area contributed by atoms with E-state index in [0.717, 1.165) is 24.0 Å². The van der Waals surface area contributed by atoms with Crippen molar-refractivity contribution >= 4 is 15.9 Å². The highest BCUT2D eigenvalue weighted by Crippen LogP contribution is 2.22. The van der Waals surface area contributed by atoms with Crippen molar-refractivity contribution in [3.63, 3.8) is 0 Å². The van der Waals surface area contributed by atoms with Crippen molar-refractivity contribution in [1.29, 1.82) is 0 Å². The van der Waals surface area contributed by atoms with Crippen LogP contribution in [-0.2, 0) is 4.74 Å². The topological polar surface area (TPSA) is 21.3 Å².